The molecular weight excluding hydrogens is 406 g/mol. The lowest BCUT2D eigenvalue weighted by molar-refractivity contribution is -0.385. The summed E-state index contributed by atoms with van der Waals surface area (Å²) in [5.74, 6) is -0.0954. The fraction of sp³-hybridized carbons (Fsp3) is 0.118. The number of carbonyl (C=O) groups excluding carboxylic acids is 1. The molecule has 0 saturated heterocycles. The van der Waals surface area contributed by atoms with Crippen LogP contribution in [0.15, 0.2) is 58.0 Å². The number of rotatable bonds is 7. The molecule has 3 rings (SSSR count). The number of amides is 1. The van der Waals surface area contributed by atoms with E-state index in [1.807, 2.05) is 0 Å². The molecule has 146 valence electrons. The predicted molar refractivity (Wildman–Crippen MR) is 103 cm³/mol. The highest BCUT2D eigenvalue weighted by Crippen LogP contribution is 2.28. The molecule has 1 amide bonds. The Bertz CT molecular complexity index is 1120. The second-order valence-corrected chi connectivity index (χ2v) is 8.72. The second-order valence-electron chi connectivity index (χ2n) is 5.70. The molecule has 0 atom stereocenters. The van der Waals surface area contributed by atoms with Crippen molar-refractivity contribution in [3.63, 3.8) is 0 Å². The molecule has 2 N–H and O–H groups in total. The maximum atomic E-state index is 12.4. The third kappa shape index (κ3) is 4.44. The Morgan fingerprint density at radius 2 is 2.04 bits per heavy atom. The van der Waals surface area contributed by atoms with E-state index in [4.69, 9.17) is 4.42 Å². The minimum Gasteiger partial charge on any atom is -0.468 e. The molecule has 0 bridgehead atoms. The number of furan rings is 1. The van der Waals surface area contributed by atoms with Crippen molar-refractivity contribution in [1.82, 2.24) is 4.72 Å². The molecule has 0 saturated carbocycles. The van der Waals surface area contributed by atoms with Crippen molar-refractivity contribution in [1.29, 1.82) is 0 Å². The van der Waals surface area contributed by atoms with Gasteiger partial charge in [-0.25, -0.2) is 13.1 Å². The standard InChI is InChI=1S/C17H15N3O6S2/c1-11-15(20(22)23)9-16(27-11)17(21)19-12-4-2-6-14(8-12)28(24,25)18-10-13-5-3-7-26-13/h2-9,18H,10H2,1H3,(H,19,21). The fourth-order valence-electron chi connectivity index (χ4n) is 2.36. The van der Waals surface area contributed by atoms with E-state index in [2.05, 4.69) is 10.0 Å². The first-order valence-corrected chi connectivity index (χ1v) is 10.2. The molecule has 9 nitrogen and oxygen atoms in total. The van der Waals surface area contributed by atoms with Crippen molar-refractivity contribution in [3.8, 4) is 0 Å². The molecule has 11 heteroatoms. The topological polar surface area (TPSA) is 132 Å². The van der Waals surface area contributed by atoms with Crippen LogP contribution in [0.1, 0.15) is 20.3 Å². The first-order valence-electron chi connectivity index (χ1n) is 7.94. The largest absolute Gasteiger partial charge is 0.468 e. The van der Waals surface area contributed by atoms with Crippen molar-refractivity contribution in [3.05, 3.63) is 74.4 Å². The smallest absolute Gasteiger partial charge is 0.283 e. The van der Waals surface area contributed by atoms with Crippen LogP contribution in [0.4, 0.5) is 11.4 Å². The highest BCUT2D eigenvalue weighted by molar-refractivity contribution is 7.89. The van der Waals surface area contributed by atoms with E-state index >= 15 is 0 Å². The minimum atomic E-state index is -3.82. The van der Waals surface area contributed by atoms with E-state index in [1.54, 1.807) is 19.1 Å². The highest BCUT2D eigenvalue weighted by Gasteiger charge is 2.20. The van der Waals surface area contributed by atoms with E-state index in [0.29, 0.717) is 10.6 Å². The number of nitrogens with one attached hydrogen (secondary N) is 2. The lowest BCUT2D eigenvalue weighted by atomic mass is 10.3. The van der Waals surface area contributed by atoms with Crippen LogP contribution in [0, 0.1) is 17.0 Å². The van der Waals surface area contributed by atoms with Crippen LogP contribution in [-0.4, -0.2) is 19.2 Å². The van der Waals surface area contributed by atoms with Crippen LogP contribution in [0.3, 0.4) is 0 Å². The molecule has 28 heavy (non-hydrogen) atoms. The van der Waals surface area contributed by atoms with Crippen LogP contribution < -0.4 is 10.0 Å². The second kappa shape index (κ2) is 7.92. The first kappa shape index (κ1) is 19.7. The van der Waals surface area contributed by atoms with Gasteiger partial charge in [0.05, 0.1) is 32.4 Å². The van der Waals surface area contributed by atoms with Crippen LogP contribution in [-0.2, 0) is 16.6 Å². The summed E-state index contributed by atoms with van der Waals surface area (Å²) >= 11 is 0.992. The molecule has 0 unspecified atom stereocenters. The Kier molecular flexibility index (Phi) is 5.58. The summed E-state index contributed by atoms with van der Waals surface area (Å²) in [7, 11) is -3.82. The Labute approximate surface area is 164 Å². The average Bonchev–Trinajstić information content (AvgIpc) is 3.30. The van der Waals surface area contributed by atoms with Gasteiger partial charge in [0.15, 0.2) is 0 Å². The van der Waals surface area contributed by atoms with Gasteiger partial charge in [0, 0.05) is 11.8 Å². The molecule has 0 fully saturated rings. The van der Waals surface area contributed by atoms with Gasteiger partial charge in [0.2, 0.25) is 10.0 Å². The summed E-state index contributed by atoms with van der Waals surface area (Å²) in [5, 5.41) is 13.5. The summed E-state index contributed by atoms with van der Waals surface area (Å²) in [6.07, 6.45) is 1.44. The molecule has 0 spiro atoms. The maximum absolute atomic E-state index is 12.4. The van der Waals surface area contributed by atoms with Crippen molar-refractivity contribution < 1.29 is 22.6 Å². The van der Waals surface area contributed by atoms with Crippen molar-refractivity contribution >= 4 is 38.6 Å². The van der Waals surface area contributed by atoms with Crippen LogP contribution >= 0.6 is 11.3 Å². The molecule has 3 aromatic rings. The predicted octanol–water partition coefficient (Wildman–Crippen LogP) is 3.29. The SMILES string of the molecule is Cc1sc(C(=O)Nc2cccc(S(=O)(=O)NCc3ccco3)c2)cc1[N+](=O)[O-]. The van der Waals surface area contributed by atoms with Gasteiger partial charge in [-0.15, -0.1) is 11.3 Å². The number of aryl methyl sites for hydroxylation is 1. The highest BCUT2D eigenvalue weighted by atomic mass is 32.2. The summed E-state index contributed by atoms with van der Waals surface area (Å²) in [5.41, 5.74) is 0.119. The van der Waals surface area contributed by atoms with Gasteiger partial charge in [-0.05, 0) is 37.3 Å². The average molecular weight is 421 g/mol. The van der Waals surface area contributed by atoms with E-state index in [1.165, 1.54) is 36.6 Å². The molecule has 0 aliphatic heterocycles. The summed E-state index contributed by atoms with van der Waals surface area (Å²) in [6, 6.07) is 10.2. The quantitative estimate of drug-likeness (QED) is 0.444. The normalized spacial score (nSPS) is 11.3. The molecule has 0 aliphatic carbocycles. The summed E-state index contributed by atoms with van der Waals surface area (Å²) in [4.78, 5) is 23.2. The van der Waals surface area contributed by atoms with Gasteiger partial charge in [-0.3, -0.25) is 14.9 Å². The van der Waals surface area contributed by atoms with Crippen molar-refractivity contribution in [2.45, 2.75) is 18.4 Å². The van der Waals surface area contributed by atoms with Crippen molar-refractivity contribution in [2.24, 2.45) is 0 Å². The Morgan fingerprint density at radius 1 is 1.25 bits per heavy atom. The molecule has 1 aromatic carbocycles. The zero-order valence-electron chi connectivity index (χ0n) is 14.5. The molecule has 2 heterocycles. The number of thiophene rings is 1. The zero-order valence-corrected chi connectivity index (χ0v) is 16.2. The van der Waals surface area contributed by atoms with Gasteiger partial charge in [-0.1, -0.05) is 6.07 Å². The molecule has 0 radical (unpaired) electrons. The maximum Gasteiger partial charge on any atom is 0.283 e. The fourth-order valence-corrected chi connectivity index (χ4v) is 4.28. The lowest BCUT2D eigenvalue weighted by Gasteiger charge is -2.08. The number of hydrogen-bond acceptors (Lipinski definition) is 7. The van der Waals surface area contributed by atoms with E-state index in [-0.39, 0.29) is 27.7 Å². The molecule has 2 aromatic heterocycles. The minimum absolute atomic E-state index is 0.00986. The van der Waals surface area contributed by atoms with E-state index < -0.39 is 20.9 Å². The molecular formula is C17H15N3O6S2. The van der Waals surface area contributed by atoms with Gasteiger partial charge in [-0.2, -0.15) is 0 Å². The number of nitrogens with zero attached hydrogens (tertiary/aromatic N) is 1. The van der Waals surface area contributed by atoms with Crippen LogP contribution in [0.5, 0.6) is 0 Å². The third-order valence-electron chi connectivity index (χ3n) is 3.73. The Morgan fingerprint density at radius 3 is 2.68 bits per heavy atom. The van der Waals surface area contributed by atoms with E-state index in [0.717, 1.165) is 11.3 Å². The summed E-state index contributed by atoms with van der Waals surface area (Å²) < 4.78 is 32.3. The van der Waals surface area contributed by atoms with E-state index in [9.17, 15) is 23.3 Å². The van der Waals surface area contributed by atoms with Gasteiger partial charge in [0.25, 0.3) is 11.6 Å². The van der Waals surface area contributed by atoms with Crippen LogP contribution in [0.25, 0.3) is 0 Å². The van der Waals surface area contributed by atoms with Gasteiger partial charge < -0.3 is 9.73 Å². The number of nitro groups is 1. The third-order valence-corrected chi connectivity index (χ3v) is 6.17. The zero-order chi connectivity index (χ0) is 20.3. The lowest BCUT2D eigenvalue weighted by Crippen LogP contribution is -2.23. The molecule has 0 aliphatic rings. The van der Waals surface area contributed by atoms with Gasteiger partial charge in [0.1, 0.15) is 5.76 Å². The van der Waals surface area contributed by atoms with Crippen molar-refractivity contribution in [2.75, 3.05) is 5.32 Å². The Balaban J connectivity index is 1.74. The van der Waals surface area contributed by atoms with Crippen LogP contribution in [0.2, 0.25) is 0 Å². The number of sulfonamides is 1. The number of hydrogen-bond donors (Lipinski definition) is 2. The monoisotopic (exact) mass is 421 g/mol. The Hall–Kier alpha value is -3.02. The number of carbonyl (C=O) groups is 1. The number of benzene rings is 1. The summed E-state index contributed by atoms with van der Waals surface area (Å²) in [6.45, 7) is 1.54. The van der Waals surface area contributed by atoms with Gasteiger partial charge >= 0.3 is 0 Å². The number of anilines is 1. The first-order chi connectivity index (χ1) is 13.3.